The van der Waals surface area contributed by atoms with E-state index in [4.69, 9.17) is 10.2 Å². The smallest absolute Gasteiger partial charge is 0.303 e. The molecule has 2 unspecified atom stereocenters. The summed E-state index contributed by atoms with van der Waals surface area (Å²) in [5, 5.41) is 17.2. The van der Waals surface area contributed by atoms with E-state index in [1.165, 1.54) is 25.7 Å². The van der Waals surface area contributed by atoms with Crippen molar-refractivity contribution in [2.75, 3.05) is 0 Å². The van der Waals surface area contributed by atoms with Crippen LogP contribution in [0.1, 0.15) is 64.2 Å². The first-order valence-electron chi connectivity index (χ1n) is 7.01. The van der Waals surface area contributed by atoms with E-state index in [-0.39, 0.29) is 12.8 Å². The molecule has 1 saturated carbocycles. The summed E-state index contributed by atoms with van der Waals surface area (Å²) >= 11 is 0. The Morgan fingerprint density at radius 1 is 0.889 bits per heavy atom. The van der Waals surface area contributed by atoms with E-state index < -0.39 is 11.9 Å². The minimum Gasteiger partial charge on any atom is -0.481 e. The van der Waals surface area contributed by atoms with Crippen LogP contribution in [0.15, 0.2) is 0 Å². The van der Waals surface area contributed by atoms with Gasteiger partial charge in [-0.15, -0.1) is 0 Å². The van der Waals surface area contributed by atoms with E-state index in [0.717, 1.165) is 25.7 Å². The van der Waals surface area contributed by atoms with Crippen LogP contribution >= 0.6 is 0 Å². The van der Waals surface area contributed by atoms with Gasteiger partial charge in [0.25, 0.3) is 0 Å². The Bertz CT molecular complexity index is 249. The minimum absolute atomic E-state index is 0.278. The van der Waals surface area contributed by atoms with Crippen molar-refractivity contribution in [2.24, 2.45) is 11.8 Å². The van der Waals surface area contributed by atoms with Gasteiger partial charge in [0.05, 0.1) is 0 Å². The van der Waals surface area contributed by atoms with Crippen LogP contribution in [-0.4, -0.2) is 22.2 Å². The summed E-state index contributed by atoms with van der Waals surface area (Å²) in [5.74, 6) is -0.0894. The lowest BCUT2D eigenvalue weighted by Crippen LogP contribution is -2.16. The Balaban J connectivity index is 2.15. The predicted molar refractivity (Wildman–Crippen MR) is 68.4 cm³/mol. The maximum atomic E-state index is 10.5. The summed E-state index contributed by atoms with van der Waals surface area (Å²) in [5.41, 5.74) is 0. The van der Waals surface area contributed by atoms with E-state index in [1.807, 2.05) is 0 Å². The highest BCUT2D eigenvalue weighted by Crippen LogP contribution is 2.34. The molecule has 0 aliphatic heterocycles. The maximum Gasteiger partial charge on any atom is 0.303 e. The third-order valence-electron chi connectivity index (χ3n) is 3.90. The van der Waals surface area contributed by atoms with Crippen molar-refractivity contribution >= 4 is 11.9 Å². The minimum atomic E-state index is -0.705. The van der Waals surface area contributed by atoms with Gasteiger partial charge in [-0.2, -0.15) is 0 Å². The van der Waals surface area contributed by atoms with Crippen molar-refractivity contribution in [2.45, 2.75) is 64.2 Å². The fraction of sp³-hybridized carbons (Fsp3) is 0.857. The van der Waals surface area contributed by atoms with Gasteiger partial charge in [0.1, 0.15) is 0 Å². The van der Waals surface area contributed by atoms with E-state index in [9.17, 15) is 9.59 Å². The lowest BCUT2D eigenvalue weighted by molar-refractivity contribution is -0.138. The van der Waals surface area contributed by atoms with E-state index in [0.29, 0.717) is 11.8 Å². The molecule has 0 spiro atoms. The Hall–Kier alpha value is -1.06. The molecule has 1 fully saturated rings. The van der Waals surface area contributed by atoms with Crippen LogP contribution in [-0.2, 0) is 9.59 Å². The van der Waals surface area contributed by atoms with Crippen LogP contribution < -0.4 is 0 Å². The summed E-state index contributed by atoms with van der Waals surface area (Å²) in [4.78, 5) is 20.9. The van der Waals surface area contributed by atoms with Gasteiger partial charge < -0.3 is 10.2 Å². The van der Waals surface area contributed by atoms with Crippen molar-refractivity contribution in [1.82, 2.24) is 0 Å². The SMILES string of the molecule is O=C(O)CCCC1CCCC(CCCC(=O)O)C1. The zero-order valence-electron chi connectivity index (χ0n) is 10.9. The van der Waals surface area contributed by atoms with Gasteiger partial charge in [0.2, 0.25) is 0 Å². The van der Waals surface area contributed by atoms with Crippen LogP contribution in [0.25, 0.3) is 0 Å². The second kappa shape index (κ2) is 8.11. The highest BCUT2D eigenvalue weighted by atomic mass is 16.4. The Morgan fingerprint density at radius 3 is 1.72 bits per heavy atom. The molecule has 104 valence electrons. The van der Waals surface area contributed by atoms with Crippen molar-refractivity contribution in [1.29, 1.82) is 0 Å². The maximum absolute atomic E-state index is 10.5. The largest absolute Gasteiger partial charge is 0.481 e. The molecule has 0 heterocycles. The molecule has 0 bridgehead atoms. The first-order valence-corrected chi connectivity index (χ1v) is 7.01. The molecule has 1 aliphatic rings. The molecule has 2 atom stereocenters. The summed E-state index contributed by atoms with van der Waals surface area (Å²) in [6.07, 6.45) is 8.96. The fourth-order valence-corrected chi connectivity index (χ4v) is 3.01. The normalized spacial score (nSPS) is 23.8. The number of rotatable bonds is 8. The van der Waals surface area contributed by atoms with Crippen LogP contribution in [0.4, 0.5) is 0 Å². The molecule has 0 amide bonds. The predicted octanol–water partition coefficient (Wildman–Crippen LogP) is 3.30. The second-order valence-corrected chi connectivity index (χ2v) is 5.47. The van der Waals surface area contributed by atoms with Crippen molar-refractivity contribution in [3.63, 3.8) is 0 Å². The molecule has 0 aromatic carbocycles. The third-order valence-corrected chi connectivity index (χ3v) is 3.90. The zero-order valence-corrected chi connectivity index (χ0v) is 10.9. The van der Waals surface area contributed by atoms with Gasteiger partial charge in [0, 0.05) is 12.8 Å². The van der Waals surface area contributed by atoms with Crippen LogP contribution in [0.5, 0.6) is 0 Å². The number of carboxylic acid groups (broad SMARTS) is 2. The average Bonchev–Trinajstić information content (AvgIpc) is 2.28. The number of aliphatic carboxylic acids is 2. The molecular weight excluding hydrogens is 232 g/mol. The summed E-state index contributed by atoms with van der Waals surface area (Å²) < 4.78 is 0. The van der Waals surface area contributed by atoms with Gasteiger partial charge in [-0.25, -0.2) is 0 Å². The number of hydrogen-bond acceptors (Lipinski definition) is 2. The molecule has 4 nitrogen and oxygen atoms in total. The molecule has 0 aromatic heterocycles. The summed E-state index contributed by atoms with van der Waals surface area (Å²) in [6, 6.07) is 0. The molecule has 0 saturated heterocycles. The topological polar surface area (TPSA) is 74.6 Å². The molecule has 4 heteroatoms. The molecule has 1 rings (SSSR count). The molecule has 0 aromatic rings. The highest BCUT2D eigenvalue weighted by molar-refractivity contribution is 5.66. The van der Waals surface area contributed by atoms with Gasteiger partial charge >= 0.3 is 11.9 Å². The fourth-order valence-electron chi connectivity index (χ4n) is 3.01. The Kier molecular flexibility index (Phi) is 6.76. The summed E-state index contributed by atoms with van der Waals surface area (Å²) in [6.45, 7) is 0. The van der Waals surface area contributed by atoms with Gasteiger partial charge in [-0.05, 0) is 43.9 Å². The summed E-state index contributed by atoms with van der Waals surface area (Å²) in [7, 11) is 0. The number of carbonyl (C=O) groups is 2. The van der Waals surface area contributed by atoms with Crippen LogP contribution in [0, 0.1) is 11.8 Å². The number of hydrogen-bond donors (Lipinski definition) is 2. The second-order valence-electron chi connectivity index (χ2n) is 5.47. The molecule has 18 heavy (non-hydrogen) atoms. The van der Waals surface area contributed by atoms with Gasteiger partial charge in [-0.1, -0.05) is 19.3 Å². The molecule has 0 radical (unpaired) electrons. The lowest BCUT2D eigenvalue weighted by atomic mass is 9.77. The molecule has 2 N–H and O–H groups in total. The van der Waals surface area contributed by atoms with Gasteiger partial charge in [-0.3, -0.25) is 9.59 Å². The van der Waals surface area contributed by atoms with Crippen LogP contribution in [0.3, 0.4) is 0 Å². The lowest BCUT2D eigenvalue weighted by Gasteiger charge is -2.29. The Morgan fingerprint density at radius 2 is 1.33 bits per heavy atom. The van der Waals surface area contributed by atoms with E-state index in [1.54, 1.807) is 0 Å². The first kappa shape index (κ1) is 15.0. The molecular formula is C14H24O4. The first-order chi connectivity index (χ1) is 8.58. The Labute approximate surface area is 108 Å². The van der Waals surface area contributed by atoms with Gasteiger partial charge in [0.15, 0.2) is 0 Å². The van der Waals surface area contributed by atoms with Crippen molar-refractivity contribution in [3.05, 3.63) is 0 Å². The van der Waals surface area contributed by atoms with Crippen LogP contribution in [0.2, 0.25) is 0 Å². The van der Waals surface area contributed by atoms with Crippen molar-refractivity contribution in [3.8, 4) is 0 Å². The number of carboxylic acids is 2. The molecule has 1 aliphatic carbocycles. The highest BCUT2D eigenvalue weighted by Gasteiger charge is 2.21. The quantitative estimate of drug-likeness (QED) is 0.698. The van der Waals surface area contributed by atoms with E-state index in [2.05, 4.69) is 0 Å². The zero-order chi connectivity index (χ0) is 13.4. The average molecular weight is 256 g/mol. The monoisotopic (exact) mass is 256 g/mol. The van der Waals surface area contributed by atoms with E-state index >= 15 is 0 Å². The third kappa shape index (κ3) is 6.62. The standard InChI is InChI=1S/C14H24O4/c15-13(16)8-2-6-11-4-1-5-12(10-11)7-3-9-14(17)18/h11-12H,1-10H2,(H,15,16)(H,17,18). The van der Waals surface area contributed by atoms with Crippen molar-refractivity contribution < 1.29 is 19.8 Å².